The molecule has 3 aromatic heterocycles. The van der Waals surface area contributed by atoms with Crippen LogP contribution in [0.15, 0.2) is 57.6 Å². The van der Waals surface area contributed by atoms with E-state index >= 15 is 4.39 Å². The first kappa shape index (κ1) is 20.5. The molecule has 0 saturated carbocycles. The normalized spacial score (nSPS) is 11.2. The molecule has 2 aromatic carbocycles. The molecule has 11 heteroatoms. The Hall–Kier alpha value is -4.38. The van der Waals surface area contributed by atoms with Gasteiger partial charge >= 0.3 is 11.7 Å². The smallest absolute Gasteiger partial charge is 0.346 e. The van der Waals surface area contributed by atoms with Crippen molar-refractivity contribution in [3.8, 4) is 11.4 Å². The second-order valence-electron chi connectivity index (χ2n) is 7.11. The van der Waals surface area contributed by atoms with E-state index in [1.54, 1.807) is 6.20 Å². The van der Waals surface area contributed by atoms with Gasteiger partial charge in [0.15, 0.2) is 5.82 Å². The van der Waals surface area contributed by atoms with Crippen molar-refractivity contribution < 1.29 is 19.0 Å². The summed E-state index contributed by atoms with van der Waals surface area (Å²) in [7, 11) is 1.37. The Bertz CT molecular complexity index is 1680. The molecule has 4 N–H and O–H groups in total. The third kappa shape index (κ3) is 3.26. The first-order valence-electron chi connectivity index (χ1n) is 9.60. The molecule has 33 heavy (non-hydrogen) atoms. The highest BCUT2D eigenvalue weighted by Gasteiger charge is 2.22. The van der Waals surface area contributed by atoms with Gasteiger partial charge < -0.3 is 25.1 Å². The summed E-state index contributed by atoms with van der Waals surface area (Å²) >= 11 is 0.802. The van der Waals surface area contributed by atoms with Crippen LogP contribution >= 0.6 is 11.3 Å². The Morgan fingerprint density at radius 1 is 1.18 bits per heavy atom. The van der Waals surface area contributed by atoms with Crippen LogP contribution in [0, 0.1) is 5.82 Å². The first-order chi connectivity index (χ1) is 15.9. The number of H-pyrrole nitrogens is 2. The first-order valence-corrected chi connectivity index (χ1v) is 10.5. The average molecular weight is 466 g/mol. The van der Waals surface area contributed by atoms with Crippen molar-refractivity contribution in [2.24, 2.45) is 0 Å². The van der Waals surface area contributed by atoms with Crippen LogP contribution in [0.4, 0.5) is 15.8 Å². The quantitative estimate of drug-likeness (QED) is 0.312. The molecule has 3 heterocycles. The lowest BCUT2D eigenvalue weighted by Gasteiger charge is -2.14. The molecule has 0 atom stereocenters. The van der Waals surface area contributed by atoms with Crippen LogP contribution in [0.2, 0.25) is 0 Å². The van der Waals surface area contributed by atoms with Crippen molar-refractivity contribution in [2.45, 2.75) is 0 Å². The van der Waals surface area contributed by atoms with E-state index in [0.29, 0.717) is 15.9 Å². The lowest BCUT2D eigenvalue weighted by atomic mass is 10.2. The van der Waals surface area contributed by atoms with E-state index in [1.807, 2.05) is 24.3 Å². The minimum absolute atomic E-state index is 0.0784. The maximum absolute atomic E-state index is 15.0. The van der Waals surface area contributed by atoms with E-state index in [9.17, 15) is 19.5 Å². The molecule has 166 valence electrons. The maximum Gasteiger partial charge on any atom is 0.346 e. The number of halogens is 1. The van der Waals surface area contributed by atoms with Crippen molar-refractivity contribution in [3.05, 3.63) is 79.5 Å². The number of thiophene rings is 1. The molecule has 0 bridgehead atoms. The molecule has 0 fully saturated rings. The second-order valence-corrected chi connectivity index (χ2v) is 7.99. The highest BCUT2D eigenvalue weighted by Crippen LogP contribution is 2.34. The highest BCUT2D eigenvalue weighted by atomic mass is 32.1. The number of fused-ring (bicyclic) bond motifs is 2. The fourth-order valence-corrected chi connectivity index (χ4v) is 4.54. The summed E-state index contributed by atoms with van der Waals surface area (Å²) in [6.07, 6.45) is 1.72. The van der Waals surface area contributed by atoms with Gasteiger partial charge in [-0.15, -0.1) is 11.3 Å². The van der Waals surface area contributed by atoms with Crippen LogP contribution < -0.4 is 21.3 Å². The summed E-state index contributed by atoms with van der Waals surface area (Å²) < 4.78 is 20.9. The van der Waals surface area contributed by atoms with Crippen LogP contribution in [-0.4, -0.2) is 32.7 Å². The summed E-state index contributed by atoms with van der Waals surface area (Å²) in [5.74, 6) is -2.06. The van der Waals surface area contributed by atoms with Crippen molar-refractivity contribution in [2.75, 3.05) is 12.4 Å². The number of carboxylic acid groups (broad SMARTS) is 1. The lowest BCUT2D eigenvalue weighted by molar-refractivity contribution is 0.0704. The van der Waals surface area contributed by atoms with Gasteiger partial charge in [-0.2, -0.15) is 0 Å². The third-order valence-electron chi connectivity index (χ3n) is 5.22. The van der Waals surface area contributed by atoms with Gasteiger partial charge in [0, 0.05) is 28.5 Å². The molecular formula is C22H15FN4O5S. The molecule has 0 unspecified atom stereocenters. The maximum atomic E-state index is 15.0. The zero-order valence-electron chi connectivity index (χ0n) is 16.9. The Kier molecular flexibility index (Phi) is 4.75. The Labute approximate surface area is 187 Å². The number of carbonyl (C=O) groups is 1. The summed E-state index contributed by atoms with van der Waals surface area (Å²) in [4.78, 5) is 42.6. The van der Waals surface area contributed by atoms with Gasteiger partial charge in [-0.3, -0.25) is 4.79 Å². The van der Waals surface area contributed by atoms with Crippen LogP contribution in [0.25, 0.3) is 27.5 Å². The third-order valence-corrected chi connectivity index (χ3v) is 6.18. The van der Waals surface area contributed by atoms with Crippen LogP contribution in [0.5, 0.6) is 5.75 Å². The van der Waals surface area contributed by atoms with E-state index in [0.717, 1.165) is 28.3 Å². The molecular weight excluding hydrogens is 451 g/mol. The van der Waals surface area contributed by atoms with Gasteiger partial charge in [-0.05, 0) is 12.1 Å². The molecule has 0 amide bonds. The fraction of sp³-hybridized carbons (Fsp3) is 0.0455. The Morgan fingerprint density at radius 2 is 1.97 bits per heavy atom. The SMILES string of the molecule is COc1cc(F)c(-n2c(=O)[nH]c3csc(C(=O)O)c3c2=O)cc1Nc1c[nH]c2ccccc12. The topological polar surface area (TPSA) is 129 Å². The number of nitrogens with zero attached hydrogens (tertiary/aromatic N) is 1. The minimum Gasteiger partial charge on any atom is -0.494 e. The number of carboxylic acids is 1. The van der Waals surface area contributed by atoms with Gasteiger partial charge in [0.05, 0.1) is 35.1 Å². The molecule has 0 spiro atoms. The lowest BCUT2D eigenvalue weighted by Crippen LogP contribution is -2.34. The summed E-state index contributed by atoms with van der Waals surface area (Å²) in [6.45, 7) is 0. The van der Waals surface area contributed by atoms with Gasteiger partial charge in [-0.1, -0.05) is 18.2 Å². The van der Waals surface area contributed by atoms with E-state index in [4.69, 9.17) is 4.74 Å². The predicted molar refractivity (Wildman–Crippen MR) is 123 cm³/mol. The molecule has 5 aromatic rings. The van der Waals surface area contributed by atoms with E-state index in [1.165, 1.54) is 18.6 Å². The Balaban J connectivity index is 1.72. The minimum atomic E-state index is -1.32. The van der Waals surface area contributed by atoms with Gasteiger partial charge in [0.2, 0.25) is 0 Å². The van der Waals surface area contributed by atoms with E-state index in [2.05, 4.69) is 15.3 Å². The summed E-state index contributed by atoms with van der Waals surface area (Å²) in [6, 6.07) is 9.84. The van der Waals surface area contributed by atoms with E-state index < -0.39 is 23.0 Å². The van der Waals surface area contributed by atoms with Gasteiger partial charge in [-0.25, -0.2) is 18.5 Å². The number of methoxy groups -OCH3 is 1. The standard InChI is InChI=1S/C22H15FN4O5S/c1-32-17-6-11(23)16(7-13(17)25-14-8-24-12-5-3-2-4-10(12)14)27-20(28)18-15(26-22(27)31)9-33-19(18)21(29)30/h2-9,24-25H,1H3,(H,26,31)(H,29,30). The molecule has 0 aliphatic carbocycles. The fourth-order valence-electron chi connectivity index (χ4n) is 3.72. The number of rotatable bonds is 5. The molecule has 0 aliphatic rings. The molecule has 0 saturated heterocycles. The van der Waals surface area contributed by atoms with Gasteiger partial charge in [0.1, 0.15) is 10.6 Å². The number of para-hydroxylation sites is 1. The number of anilines is 2. The average Bonchev–Trinajstić information content (AvgIpc) is 3.40. The number of hydrogen-bond donors (Lipinski definition) is 4. The van der Waals surface area contributed by atoms with Crippen LogP contribution in [0.3, 0.4) is 0 Å². The number of benzene rings is 2. The molecule has 0 aliphatic heterocycles. The molecule has 5 rings (SSSR count). The zero-order chi connectivity index (χ0) is 23.3. The number of ether oxygens (including phenoxy) is 1. The largest absolute Gasteiger partial charge is 0.494 e. The Morgan fingerprint density at radius 3 is 2.73 bits per heavy atom. The van der Waals surface area contributed by atoms with E-state index in [-0.39, 0.29) is 27.2 Å². The molecule has 0 radical (unpaired) electrons. The van der Waals surface area contributed by atoms with Crippen LogP contribution in [0.1, 0.15) is 9.67 Å². The van der Waals surface area contributed by atoms with Crippen molar-refractivity contribution in [3.63, 3.8) is 0 Å². The van der Waals surface area contributed by atoms with Crippen molar-refractivity contribution in [1.82, 2.24) is 14.5 Å². The van der Waals surface area contributed by atoms with Gasteiger partial charge in [0.25, 0.3) is 5.56 Å². The number of aromatic carboxylic acids is 1. The monoisotopic (exact) mass is 466 g/mol. The second kappa shape index (κ2) is 7.64. The predicted octanol–water partition coefficient (Wildman–Crippen LogP) is 3.81. The highest BCUT2D eigenvalue weighted by molar-refractivity contribution is 7.13. The van der Waals surface area contributed by atoms with Crippen molar-refractivity contribution in [1.29, 1.82) is 0 Å². The summed E-state index contributed by atoms with van der Waals surface area (Å²) in [5.41, 5.74) is -0.265. The summed E-state index contributed by atoms with van der Waals surface area (Å²) in [5, 5.41) is 14.6. The number of hydrogen-bond acceptors (Lipinski definition) is 6. The number of aromatic amines is 2. The van der Waals surface area contributed by atoms with Crippen LogP contribution in [-0.2, 0) is 0 Å². The molecule has 9 nitrogen and oxygen atoms in total. The number of aromatic nitrogens is 3. The number of nitrogens with one attached hydrogen (secondary N) is 3. The zero-order valence-corrected chi connectivity index (χ0v) is 17.7. The van der Waals surface area contributed by atoms with Crippen molar-refractivity contribution >= 4 is 50.5 Å².